The van der Waals surface area contributed by atoms with E-state index in [0.29, 0.717) is 28.4 Å². The minimum Gasteiger partial charge on any atom is -0.497 e. The van der Waals surface area contributed by atoms with Crippen molar-refractivity contribution < 1.29 is 19.1 Å². The summed E-state index contributed by atoms with van der Waals surface area (Å²) in [7, 11) is 1.56. The number of carbonyl (C=O) groups excluding carboxylic acids is 3. The van der Waals surface area contributed by atoms with E-state index in [-0.39, 0.29) is 18.2 Å². The second-order valence-corrected chi connectivity index (χ2v) is 7.49. The van der Waals surface area contributed by atoms with Gasteiger partial charge in [0.15, 0.2) is 0 Å². The van der Waals surface area contributed by atoms with Crippen molar-refractivity contribution in [2.24, 2.45) is 0 Å². The third-order valence-corrected chi connectivity index (χ3v) is 5.38. The summed E-state index contributed by atoms with van der Waals surface area (Å²) < 4.78 is 5.13. The van der Waals surface area contributed by atoms with Crippen LogP contribution in [0, 0.1) is 6.92 Å². The van der Waals surface area contributed by atoms with Gasteiger partial charge in [0.2, 0.25) is 11.8 Å². The second-order valence-electron chi connectivity index (χ2n) is 7.49. The highest BCUT2D eigenvalue weighted by atomic mass is 16.5. The fraction of sp³-hybridized carbons (Fsp3) is 0.160. The summed E-state index contributed by atoms with van der Waals surface area (Å²) in [5.74, 6) is -0.443. The Bertz CT molecular complexity index is 1170. The van der Waals surface area contributed by atoms with Gasteiger partial charge in [-0.25, -0.2) is 0 Å². The lowest BCUT2D eigenvalue weighted by Crippen LogP contribution is -2.52. The first-order valence-corrected chi connectivity index (χ1v) is 10.2. The van der Waals surface area contributed by atoms with Crippen LogP contribution in [0.5, 0.6) is 5.75 Å². The standard InChI is InChI=1S/C25H23N3O4/c1-16-7-3-4-8-19(16)25(31)28-21-10-6-5-9-20(21)27-24(30)22(28)15-23(29)26-17-11-13-18(32-2)14-12-17/h3-14,22H,15H2,1-2H3,(H,26,29)(H,27,30)/t22-/m0/s1. The van der Waals surface area contributed by atoms with E-state index in [0.717, 1.165) is 5.56 Å². The first-order valence-electron chi connectivity index (χ1n) is 10.2. The first-order chi connectivity index (χ1) is 15.5. The molecule has 7 heteroatoms. The molecule has 0 bridgehead atoms. The lowest BCUT2D eigenvalue weighted by Gasteiger charge is -2.36. The molecule has 3 amide bonds. The van der Waals surface area contributed by atoms with Crippen LogP contribution in [0.25, 0.3) is 0 Å². The molecule has 0 aromatic heterocycles. The van der Waals surface area contributed by atoms with E-state index in [2.05, 4.69) is 10.6 Å². The van der Waals surface area contributed by atoms with E-state index in [1.54, 1.807) is 67.8 Å². The molecule has 2 N–H and O–H groups in total. The molecule has 0 aliphatic carbocycles. The Kier molecular flexibility index (Phi) is 5.89. The summed E-state index contributed by atoms with van der Waals surface area (Å²) in [6.45, 7) is 1.84. The molecule has 1 aliphatic heterocycles. The van der Waals surface area contributed by atoms with Gasteiger partial charge < -0.3 is 15.4 Å². The number of nitrogens with one attached hydrogen (secondary N) is 2. The van der Waals surface area contributed by atoms with E-state index < -0.39 is 11.9 Å². The second kappa shape index (κ2) is 8.93. The van der Waals surface area contributed by atoms with Crippen LogP contribution in [0.3, 0.4) is 0 Å². The van der Waals surface area contributed by atoms with Crippen molar-refractivity contribution in [2.45, 2.75) is 19.4 Å². The quantitative estimate of drug-likeness (QED) is 0.642. The molecule has 4 rings (SSSR count). The molecular weight excluding hydrogens is 406 g/mol. The number of fused-ring (bicyclic) bond motifs is 1. The molecular formula is C25H23N3O4. The summed E-state index contributed by atoms with van der Waals surface area (Å²) >= 11 is 0. The number of hydrogen-bond acceptors (Lipinski definition) is 4. The number of ether oxygens (including phenoxy) is 1. The van der Waals surface area contributed by atoms with Gasteiger partial charge in [-0.05, 0) is 55.0 Å². The van der Waals surface area contributed by atoms with Gasteiger partial charge >= 0.3 is 0 Å². The number of anilines is 3. The number of rotatable bonds is 5. The molecule has 7 nitrogen and oxygen atoms in total. The van der Waals surface area contributed by atoms with Crippen LogP contribution < -0.4 is 20.3 Å². The zero-order valence-corrected chi connectivity index (χ0v) is 17.8. The van der Waals surface area contributed by atoms with Crippen LogP contribution in [0.1, 0.15) is 22.3 Å². The SMILES string of the molecule is COc1ccc(NC(=O)C[C@H]2C(=O)Nc3ccccc3N2C(=O)c2ccccc2C)cc1. The van der Waals surface area contributed by atoms with E-state index >= 15 is 0 Å². The maximum Gasteiger partial charge on any atom is 0.259 e. The van der Waals surface area contributed by atoms with E-state index in [4.69, 9.17) is 4.74 Å². The van der Waals surface area contributed by atoms with Crippen molar-refractivity contribution in [1.82, 2.24) is 0 Å². The Labute approximate surface area is 186 Å². The van der Waals surface area contributed by atoms with Crippen LogP contribution in [0.2, 0.25) is 0 Å². The normalized spacial score (nSPS) is 14.9. The molecule has 0 radical (unpaired) electrons. The topological polar surface area (TPSA) is 87.7 Å². The van der Waals surface area contributed by atoms with E-state index in [1.807, 2.05) is 19.1 Å². The molecule has 1 heterocycles. The maximum absolute atomic E-state index is 13.5. The van der Waals surface area contributed by atoms with Gasteiger partial charge in [0.25, 0.3) is 5.91 Å². The van der Waals surface area contributed by atoms with E-state index in [1.165, 1.54) is 4.90 Å². The van der Waals surface area contributed by atoms with Crippen molar-refractivity contribution in [3.63, 3.8) is 0 Å². The Morgan fingerprint density at radius 3 is 2.41 bits per heavy atom. The molecule has 1 aliphatic rings. The van der Waals surface area contributed by atoms with Crippen molar-refractivity contribution in [1.29, 1.82) is 0 Å². The molecule has 32 heavy (non-hydrogen) atoms. The van der Waals surface area contributed by atoms with Gasteiger partial charge in [0, 0.05) is 11.3 Å². The van der Waals surface area contributed by atoms with Gasteiger partial charge in [-0.2, -0.15) is 0 Å². The zero-order valence-electron chi connectivity index (χ0n) is 17.8. The number of methoxy groups -OCH3 is 1. The average Bonchev–Trinajstić information content (AvgIpc) is 2.80. The highest BCUT2D eigenvalue weighted by molar-refractivity contribution is 6.18. The molecule has 0 unspecified atom stereocenters. The molecule has 1 atom stereocenters. The lowest BCUT2D eigenvalue weighted by atomic mass is 10.0. The monoisotopic (exact) mass is 429 g/mol. The summed E-state index contributed by atoms with van der Waals surface area (Å²) in [4.78, 5) is 40.7. The Hall–Kier alpha value is -4.13. The van der Waals surface area contributed by atoms with Gasteiger partial charge in [-0.15, -0.1) is 0 Å². The third kappa shape index (κ3) is 4.18. The fourth-order valence-electron chi connectivity index (χ4n) is 3.73. The van der Waals surface area contributed by atoms with Crippen LogP contribution in [0.4, 0.5) is 17.1 Å². The fourth-order valence-corrected chi connectivity index (χ4v) is 3.73. The number of nitrogens with zero attached hydrogens (tertiary/aromatic N) is 1. The minimum atomic E-state index is -0.991. The zero-order chi connectivity index (χ0) is 22.7. The van der Waals surface area contributed by atoms with Gasteiger partial charge in [-0.3, -0.25) is 19.3 Å². The summed E-state index contributed by atoms with van der Waals surface area (Å²) in [5, 5.41) is 5.60. The Balaban J connectivity index is 1.64. The van der Waals surface area contributed by atoms with Crippen molar-refractivity contribution in [3.05, 3.63) is 83.9 Å². The van der Waals surface area contributed by atoms with Gasteiger partial charge in [-0.1, -0.05) is 30.3 Å². The smallest absolute Gasteiger partial charge is 0.259 e. The highest BCUT2D eigenvalue weighted by Crippen LogP contribution is 2.34. The third-order valence-electron chi connectivity index (χ3n) is 5.38. The molecule has 0 spiro atoms. The summed E-state index contributed by atoms with van der Waals surface area (Å²) in [5.41, 5.74) is 2.94. The first kappa shape index (κ1) is 21.1. The van der Waals surface area contributed by atoms with Crippen LogP contribution >= 0.6 is 0 Å². The molecule has 0 fully saturated rings. The van der Waals surface area contributed by atoms with Crippen molar-refractivity contribution in [3.8, 4) is 5.75 Å². The number of para-hydroxylation sites is 2. The van der Waals surface area contributed by atoms with Crippen LogP contribution in [-0.4, -0.2) is 30.9 Å². The number of hydrogen-bond donors (Lipinski definition) is 2. The number of carbonyl (C=O) groups is 3. The Morgan fingerprint density at radius 1 is 1.00 bits per heavy atom. The number of aryl methyl sites for hydroxylation is 1. The van der Waals surface area contributed by atoms with Gasteiger partial charge in [0.1, 0.15) is 11.8 Å². The predicted molar refractivity (Wildman–Crippen MR) is 123 cm³/mol. The minimum absolute atomic E-state index is 0.191. The lowest BCUT2D eigenvalue weighted by molar-refractivity contribution is -0.122. The maximum atomic E-state index is 13.5. The highest BCUT2D eigenvalue weighted by Gasteiger charge is 2.38. The summed E-state index contributed by atoms with van der Waals surface area (Å²) in [6, 6.07) is 20.2. The largest absolute Gasteiger partial charge is 0.497 e. The van der Waals surface area contributed by atoms with Crippen LogP contribution in [0.15, 0.2) is 72.8 Å². The average molecular weight is 429 g/mol. The summed E-state index contributed by atoms with van der Waals surface area (Å²) in [6.07, 6.45) is -0.191. The number of benzene rings is 3. The molecule has 0 saturated heterocycles. The molecule has 3 aromatic carbocycles. The van der Waals surface area contributed by atoms with Crippen molar-refractivity contribution >= 4 is 34.8 Å². The molecule has 0 saturated carbocycles. The molecule has 162 valence electrons. The van der Waals surface area contributed by atoms with E-state index in [9.17, 15) is 14.4 Å². The number of amides is 3. The van der Waals surface area contributed by atoms with Crippen LogP contribution in [-0.2, 0) is 9.59 Å². The predicted octanol–water partition coefficient (Wildman–Crippen LogP) is 4.00. The molecule has 3 aromatic rings. The van der Waals surface area contributed by atoms with Crippen molar-refractivity contribution in [2.75, 3.05) is 22.6 Å². The van der Waals surface area contributed by atoms with Gasteiger partial charge in [0.05, 0.1) is 24.9 Å². The Morgan fingerprint density at radius 2 is 1.69 bits per heavy atom.